The number of fused-ring (bicyclic) bond motifs is 1. The second-order valence-corrected chi connectivity index (χ2v) is 12.0. The molecule has 0 atom stereocenters. The molecule has 0 unspecified atom stereocenters. The van der Waals surface area contributed by atoms with E-state index in [1.54, 1.807) is 24.3 Å². The Balaban J connectivity index is 1.10. The van der Waals surface area contributed by atoms with Gasteiger partial charge in [-0.05, 0) is 53.9 Å². The molecule has 2 aromatic rings. The summed E-state index contributed by atoms with van der Waals surface area (Å²) in [6, 6.07) is 14.7. The van der Waals surface area contributed by atoms with E-state index in [4.69, 9.17) is 16.3 Å². The van der Waals surface area contributed by atoms with Crippen LogP contribution in [-0.2, 0) is 9.59 Å². The number of halogens is 1. The lowest BCUT2D eigenvalue weighted by molar-refractivity contribution is -0.117. The van der Waals surface area contributed by atoms with Gasteiger partial charge in [0.2, 0.25) is 0 Å². The van der Waals surface area contributed by atoms with Gasteiger partial charge in [-0.15, -0.1) is 0 Å². The van der Waals surface area contributed by atoms with Crippen LogP contribution in [0.15, 0.2) is 59.7 Å². The molecule has 0 saturated carbocycles. The summed E-state index contributed by atoms with van der Waals surface area (Å²) >= 11 is 6.00. The number of rotatable bonds is 20. The van der Waals surface area contributed by atoms with Crippen molar-refractivity contribution >= 4 is 34.8 Å². The largest absolute Gasteiger partial charge is 0.494 e. The van der Waals surface area contributed by atoms with Crippen molar-refractivity contribution in [2.45, 2.75) is 110 Å². The molecule has 2 amide bonds. The van der Waals surface area contributed by atoms with Crippen molar-refractivity contribution in [1.29, 1.82) is 0 Å². The first-order valence-electron chi connectivity index (χ1n) is 16.2. The quantitative estimate of drug-likeness (QED) is 0.151. The molecule has 0 aliphatic carbocycles. The highest BCUT2D eigenvalue weighted by Crippen LogP contribution is 2.37. The van der Waals surface area contributed by atoms with E-state index < -0.39 is 0 Å². The van der Waals surface area contributed by atoms with Crippen molar-refractivity contribution in [2.75, 3.05) is 6.61 Å². The third kappa shape index (κ3) is 9.22. The van der Waals surface area contributed by atoms with Crippen LogP contribution >= 0.6 is 11.6 Å². The van der Waals surface area contributed by atoms with Gasteiger partial charge in [0.15, 0.2) is 0 Å². The summed E-state index contributed by atoms with van der Waals surface area (Å²) < 4.78 is 5.95. The summed E-state index contributed by atoms with van der Waals surface area (Å²) in [5.74, 6) is 0.224. The summed E-state index contributed by atoms with van der Waals surface area (Å²) in [4.78, 5) is 25.7. The molecule has 0 fully saturated rings. The fourth-order valence-corrected chi connectivity index (χ4v) is 5.91. The van der Waals surface area contributed by atoms with Gasteiger partial charge in [0.25, 0.3) is 11.8 Å². The Morgan fingerprint density at radius 3 is 1.36 bits per heavy atom. The molecule has 2 aromatic carbocycles. The Kier molecular flexibility index (Phi) is 13.0. The van der Waals surface area contributed by atoms with Crippen LogP contribution in [0.4, 0.5) is 0 Å². The molecule has 0 bridgehead atoms. The van der Waals surface area contributed by atoms with Gasteiger partial charge in [-0.25, -0.2) is 0 Å². The van der Waals surface area contributed by atoms with Gasteiger partial charge in [0, 0.05) is 5.02 Å². The molecule has 226 valence electrons. The Hall–Kier alpha value is -3.05. The predicted molar refractivity (Wildman–Crippen MR) is 173 cm³/mol. The van der Waals surface area contributed by atoms with Crippen LogP contribution in [0.2, 0.25) is 5.02 Å². The van der Waals surface area contributed by atoms with Crippen molar-refractivity contribution in [3.63, 3.8) is 0 Å². The average Bonchev–Trinajstić information content (AvgIpc) is 3.53. The smallest absolute Gasteiger partial charge is 0.258 e. The molecule has 0 radical (unpaired) electrons. The van der Waals surface area contributed by atoms with Gasteiger partial charge in [-0.3, -0.25) is 9.59 Å². The zero-order chi connectivity index (χ0) is 29.6. The van der Waals surface area contributed by atoms with Gasteiger partial charge in [-0.2, -0.15) is 0 Å². The minimum Gasteiger partial charge on any atom is -0.494 e. The Labute approximate surface area is 257 Å². The first-order chi connectivity index (χ1) is 20.6. The van der Waals surface area contributed by atoms with E-state index in [2.05, 4.69) is 17.6 Å². The normalized spacial score (nSPS) is 14.4. The van der Waals surface area contributed by atoms with Crippen LogP contribution in [0.1, 0.15) is 121 Å². The zero-order valence-electron chi connectivity index (χ0n) is 25.2. The van der Waals surface area contributed by atoms with Crippen LogP contribution in [-0.4, -0.2) is 18.4 Å². The number of unbranched alkanes of at least 4 members (excludes halogenated alkanes) is 15. The monoisotopic (exact) mass is 590 g/mol. The van der Waals surface area contributed by atoms with E-state index in [0.717, 1.165) is 23.3 Å². The molecule has 2 N–H and O–H groups in total. The van der Waals surface area contributed by atoms with E-state index in [0.29, 0.717) is 34.2 Å². The lowest BCUT2D eigenvalue weighted by atomic mass is 10.0. The van der Waals surface area contributed by atoms with Gasteiger partial charge < -0.3 is 15.4 Å². The third-order valence-corrected chi connectivity index (χ3v) is 8.48. The van der Waals surface area contributed by atoms with E-state index in [1.807, 2.05) is 24.3 Å². The highest BCUT2D eigenvalue weighted by Gasteiger charge is 2.40. The van der Waals surface area contributed by atoms with E-state index >= 15 is 0 Å². The zero-order valence-corrected chi connectivity index (χ0v) is 26.0. The highest BCUT2D eigenvalue weighted by atomic mass is 35.5. The maximum absolute atomic E-state index is 12.8. The lowest BCUT2D eigenvalue weighted by Gasteiger charge is -2.09. The van der Waals surface area contributed by atoms with Crippen LogP contribution < -0.4 is 15.4 Å². The van der Waals surface area contributed by atoms with E-state index in [9.17, 15) is 9.59 Å². The molecule has 2 aliphatic heterocycles. The molecule has 4 rings (SSSR count). The van der Waals surface area contributed by atoms with Gasteiger partial charge in [0.1, 0.15) is 5.75 Å². The first-order valence-corrected chi connectivity index (χ1v) is 16.6. The summed E-state index contributed by atoms with van der Waals surface area (Å²) in [5, 5.41) is 6.35. The van der Waals surface area contributed by atoms with Gasteiger partial charge >= 0.3 is 0 Å². The van der Waals surface area contributed by atoms with Crippen LogP contribution in [0, 0.1) is 0 Å². The van der Waals surface area contributed by atoms with Gasteiger partial charge in [-0.1, -0.05) is 127 Å². The molecule has 5 nitrogen and oxygen atoms in total. The minimum atomic E-state index is -0.285. The second-order valence-electron chi connectivity index (χ2n) is 11.6. The number of ether oxygens (including phenoxy) is 1. The van der Waals surface area contributed by atoms with Crippen molar-refractivity contribution in [1.82, 2.24) is 10.6 Å². The SMILES string of the molecule is CCCCCCCCCCCCCCCCCCOc1ccc(C2=C3C(=O)NC(c4ccc(Cl)cc4)=C3C(=O)N2)cc1. The van der Waals surface area contributed by atoms with Crippen molar-refractivity contribution in [3.8, 4) is 5.75 Å². The number of amides is 2. The summed E-state index contributed by atoms with van der Waals surface area (Å²) in [6.07, 6.45) is 21.6. The minimum absolute atomic E-state index is 0.285. The molecule has 0 spiro atoms. The lowest BCUT2D eigenvalue weighted by Crippen LogP contribution is -2.21. The fraction of sp³-hybridized carbons (Fsp3) is 0.500. The summed E-state index contributed by atoms with van der Waals surface area (Å²) in [7, 11) is 0. The third-order valence-electron chi connectivity index (χ3n) is 8.22. The molecule has 6 heteroatoms. The number of hydrogen-bond donors (Lipinski definition) is 2. The number of nitrogens with one attached hydrogen (secondary N) is 2. The first kappa shape index (κ1) is 31.9. The molecular weight excluding hydrogens is 544 g/mol. The Bertz CT molecular complexity index is 1230. The summed E-state index contributed by atoms with van der Waals surface area (Å²) in [6.45, 7) is 2.98. The van der Waals surface area contributed by atoms with Crippen LogP contribution in [0.5, 0.6) is 5.75 Å². The number of hydrogen-bond acceptors (Lipinski definition) is 3. The van der Waals surface area contributed by atoms with Gasteiger partial charge in [0.05, 0.1) is 29.1 Å². The highest BCUT2D eigenvalue weighted by molar-refractivity contribution is 6.31. The molecule has 0 saturated heterocycles. The topological polar surface area (TPSA) is 67.4 Å². The predicted octanol–water partition coefficient (Wildman–Crippen LogP) is 9.36. The van der Waals surface area contributed by atoms with E-state index in [-0.39, 0.29) is 11.8 Å². The molecule has 0 aromatic heterocycles. The number of benzene rings is 2. The van der Waals surface area contributed by atoms with Crippen LogP contribution in [0.3, 0.4) is 0 Å². The molecule has 42 heavy (non-hydrogen) atoms. The molecular formula is C36H47ClN2O3. The Morgan fingerprint density at radius 2 is 0.929 bits per heavy atom. The average molecular weight is 591 g/mol. The number of carbonyl (C=O) groups is 2. The van der Waals surface area contributed by atoms with Crippen molar-refractivity contribution in [2.24, 2.45) is 0 Å². The maximum Gasteiger partial charge on any atom is 0.258 e. The number of carbonyl (C=O) groups excluding carboxylic acids is 2. The van der Waals surface area contributed by atoms with Crippen molar-refractivity contribution in [3.05, 3.63) is 75.8 Å². The maximum atomic E-state index is 12.8. The standard InChI is InChI=1S/C36H47ClN2O3/c1-2-3-4-5-6-7-8-9-10-11-12-13-14-15-16-17-26-42-30-24-20-28(21-25-30)34-32-31(35(40)39-34)33(38-36(32)41)27-18-22-29(37)23-19-27/h18-25H,2-17,26H2,1H3,(H,38,41)(H,39,40). The van der Waals surface area contributed by atoms with Crippen molar-refractivity contribution < 1.29 is 14.3 Å². The van der Waals surface area contributed by atoms with Crippen LogP contribution in [0.25, 0.3) is 11.4 Å². The molecule has 2 aliphatic rings. The Morgan fingerprint density at radius 1 is 0.548 bits per heavy atom. The second kappa shape index (κ2) is 17.2. The van der Waals surface area contributed by atoms with E-state index in [1.165, 1.54) is 96.3 Å². The molecule has 2 heterocycles. The fourth-order valence-electron chi connectivity index (χ4n) is 5.79. The summed E-state index contributed by atoms with van der Waals surface area (Å²) in [5.41, 5.74) is 3.31.